The van der Waals surface area contributed by atoms with Crippen molar-refractivity contribution in [3.8, 4) is 11.1 Å². The molecule has 1 aliphatic rings. The standard InChI is InChI=1S/C26H23ClN4O2/c1-4-17-13-28-26(29-14-17)31-10-9-30-15(2)11-21-23(18-5-7-19(27)8-6-18)20(12-22(32)33)16(3)24(31)25(21)30/h4-8,11,13-14H,1,9-10,12H2,2-3H3,(H,32,33). The summed E-state index contributed by atoms with van der Waals surface area (Å²) in [6.45, 7) is 9.34. The summed E-state index contributed by atoms with van der Waals surface area (Å²) < 4.78 is 2.30. The van der Waals surface area contributed by atoms with Crippen LogP contribution in [0.2, 0.25) is 5.02 Å². The number of carbonyl (C=O) groups is 1. The van der Waals surface area contributed by atoms with Gasteiger partial charge in [0.2, 0.25) is 5.95 Å². The Balaban J connectivity index is 1.84. The molecular weight excluding hydrogens is 436 g/mol. The Morgan fingerprint density at radius 1 is 1.18 bits per heavy atom. The normalized spacial score (nSPS) is 12.9. The highest BCUT2D eigenvalue weighted by Crippen LogP contribution is 2.46. The second-order valence-electron chi connectivity index (χ2n) is 8.28. The molecule has 0 bridgehead atoms. The fraction of sp³-hybridized carbons (Fsp3) is 0.192. The summed E-state index contributed by atoms with van der Waals surface area (Å²) >= 11 is 6.14. The maximum Gasteiger partial charge on any atom is 0.307 e. The molecule has 5 rings (SSSR count). The number of benzene rings is 2. The molecule has 1 aliphatic heterocycles. The quantitative estimate of drug-likeness (QED) is 0.409. The van der Waals surface area contributed by atoms with Crippen LogP contribution in [0.15, 0.2) is 49.3 Å². The van der Waals surface area contributed by atoms with Crippen molar-refractivity contribution in [3.63, 3.8) is 0 Å². The molecule has 2 aromatic heterocycles. The van der Waals surface area contributed by atoms with Gasteiger partial charge >= 0.3 is 5.97 Å². The van der Waals surface area contributed by atoms with E-state index in [-0.39, 0.29) is 6.42 Å². The molecule has 0 saturated heterocycles. The molecule has 0 unspecified atom stereocenters. The Morgan fingerprint density at radius 2 is 1.88 bits per heavy atom. The molecule has 0 aliphatic carbocycles. The van der Waals surface area contributed by atoms with Crippen LogP contribution in [0.1, 0.15) is 22.4 Å². The average molecular weight is 459 g/mol. The largest absolute Gasteiger partial charge is 0.481 e. The topological polar surface area (TPSA) is 71.2 Å². The van der Waals surface area contributed by atoms with Crippen LogP contribution in [-0.4, -0.2) is 32.2 Å². The Kier molecular flexibility index (Phi) is 5.17. The van der Waals surface area contributed by atoms with E-state index in [9.17, 15) is 9.90 Å². The highest BCUT2D eigenvalue weighted by molar-refractivity contribution is 6.30. The molecule has 0 radical (unpaired) electrons. The molecule has 0 spiro atoms. The summed E-state index contributed by atoms with van der Waals surface area (Å²) in [4.78, 5) is 23.2. The van der Waals surface area contributed by atoms with Crippen LogP contribution in [0.3, 0.4) is 0 Å². The third-order valence-electron chi connectivity index (χ3n) is 6.32. The first-order chi connectivity index (χ1) is 15.9. The summed E-state index contributed by atoms with van der Waals surface area (Å²) in [5.41, 5.74) is 7.63. The van der Waals surface area contributed by atoms with Crippen molar-refractivity contribution in [2.75, 3.05) is 11.4 Å². The molecule has 4 aromatic rings. The van der Waals surface area contributed by atoms with Gasteiger partial charge in [-0.25, -0.2) is 9.97 Å². The van der Waals surface area contributed by atoms with Crippen molar-refractivity contribution in [1.29, 1.82) is 0 Å². The lowest BCUT2D eigenvalue weighted by Crippen LogP contribution is -2.30. The molecule has 1 N–H and O–H groups in total. The maximum atomic E-state index is 11.9. The fourth-order valence-corrected chi connectivity index (χ4v) is 4.94. The SMILES string of the molecule is C=Cc1cnc(N2CCn3c(C)cc4c(-c5ccc(Cl)cc5)c(CC(=O)O)c(C)c2c43)nc1. The molecule has 0 amide bonds. The number of halogens is 1. The zero-order valence-corrected chi connectivity index (χ0v) is 19.2. The molecular formula is C26H23ClN4O2. The molecule has 0 saturated carbocycles. The van der Waals surface area contributed by atoms with E-state index in [0.717, 1.165) is 56.6 Å². The average Bonchev–Trinajstić information content (AvgIpc) is 3.14. The van der Waals surface area contributed by atoms with Gasteiger partial charge in [0.25, 0.3) is 0 Å². The fourth-order valence-electron chi connectivity index (χ4n) is 4.82. The van der Waals surface area contributed by atoms with Gasteiger partial charge < -0.3 is 14.6 Å². The van der Waals surface area contributed by atoms with E-state index in [2.05, 4.69) is 39.0 Å². The Labute approximate surface area is 196 Å². The van der Waals surface area contributed by atoms with Gasteiger partial charge in [0, 0.05) is 47.1 Å². The Bertz CT molecular complexity index is 1410. The third-order valence-corrected chi connectivity index (χ3v) is 6.57. The number of aryl methyl sites for hydroxylation is 1. The lowest BCUT2D eigenvalue weighted by atomic mass is 9.88. The van der Waals surface area contributed by atoms with Gasteiger partial charge in [0.1, 0.15) is 0 Å². The Morgan fingerprint density at radius 3 is 2.52 bits per heavy atom. The molecule has 0 fully saturated rings. The van der Waals surface area contributed by atoms with Gasteiger partial charge in [-0.05, 0) is 54.3 Å². The van der Waals surface area contributed by atoms with Crippen LogP contribution < -0.4 is 4.90 Å². The number of aromatic nitrogens is 3. The number of carboxylic acid groups (broad SMARTS) is 1. The van der Waals surface area contributed by atoms with Gasteiger partial charge in [-0.15, -0.1) is 0 Å². The number of aliphatic carboxylic acids is 1. The second-order valence-corrected chi connectivity index (χ2v) is 8.71. The van der Waals surface area contributed by atoms with Gasteiger partial charge in [0.05, 0.1) is 17.6 Å². The molecule has 7 heteroatoms. The molecule has 0 atom stereocenters. The molecule has 6 nitrogen and oxygen atoms in total. The van der Waals surface area contributed by atoms with Crippen molar-refractivity contribution in [2.24, 2.45) is 0 Å². The monoisotopic (exact) mass is 458 g/mol. The van der Waals surface area contributed by atoms with E-state index in [1.165, 1.54) is 0 Å². The first-order valence-corrected chi connectivity index (χ1v) is 11.1. The van der Waals surface area contributed by atoms with Crippen LogP contribution in [0, 0.1) is 13.8 Å². The highest BCUT2D eigenvalue weighted by atomic mass is 35.5. The predicted octanol–water partition coefficient (Wildman–Crippen LogP) is 5.79. The minimum atomic E-state index is -0.870. The van der Waals surface area contributed by atoms with Crippen LogP contribution in [-0.2, 0) is 17.8 Å². The molecule has 2 aromatic carbocycles. The minimum Gasteiger partial charge on any atom is -0.481 e. The van der Waals surface area contributed by atoms with Gasteiger partial charge in [-0.1, -0.05) is 36.4 Å². The minimum absolute atomic E-state index is 0.0823. The van der Waals surface area contributed by atoms with Gasteiger partial charge in [0.15, 0.2) is 0 Å². The lowest BCUT2D eigenvalue weighted by molar-refractivity contribution is -0.136. The summed E-state index contributed by atoms with van der Waals surface area (Å²) in [5, 5.41) is 11.5. The van der Waals surface area contributed by atoms with E-state index in [1.54, 1.807) is 18.5 Å². The first kappa shape index (κ1) is 21.2. The highest BCUT2D eigenvalue weighted by Gasteiger charge is 2.30. The molecule has 3 heterocycles. The predicted molar refractivity (Wildman–Crippen MR) is 132 cm³/mol. The number of carboxylic acids is 1. The summed E-state index contributed by atoms with van der Waals surface area (Å²) in [5.74, 6) is -0.277. The van der Waals surface area contributed by atoms with Crippen LogP contribution >= 0.6 is 11.6 Å². The van der Waals surface area contributed by atoms with Crippen LogP contribution in [0.5, 0.6) is 0 Å². The zero-order valence-electron chi connectivity index (χ0n) is 18.5. The van der Waals surface area contributed by atoms with E-state index < -0.39 is 5.97 Å². The van der Waals surface area contributed by atoms with Crippen LogP contribution in [0.25, 0.3) is 28.1 Å². The van der Waals surface area contributed by atoms with Crippen molar-refractivity contribution in [3.05, 3.63) is 76.7 Å². The van der Waals surface area contributed by atoms with E-state index >= 15 is 0 Å². The number of nitrogens with zero attached hydrogens (tertiary/aromatic N) is 4. The molecule has 33 heavy (non-hydrogen) atoms. The smallest absolute Gasteiger partial charge is 0.307 e. The van der Waals surface area contributed by atoms with Gasteiger partial charge in [-0.3, -0.25) is 4.79 Å². The number of hydrogen-bond acceptors (Lipinski definition) is 4. The van der Waals surface area contributed by atoms with Crippen molar-refractivity contribution in [2.45, 2.75) is 26.8 Å². The summed E-state index contributed by atoms with van der Waals surface area (Å²) in [6.07, 6.45) is 5.13. The van der Waals surface area contributed by atoms with Crippen LogP contribution in [0.4, 0.5) is 11.6 Å². The van der Waals surface area contributed by atoms with Crippen molar-refractivity contribution >= 4 is 46.2 Å². The first-order valence-electron chi connectivity index (χ1n) is 10.7. The Hall–Kier alpha value is -3.64. The molecule has 166 valence electrons. The van der Waals surface area contributed by atoms with E-state index in [1.807, 2.05) is 31.2 Å². The third kappa shape index (κ3) is 3.47. The number of rotatable bonds is 5. The number of anilines is 2. The zero-order chi connectivity index (χ0) is 23.3. The summed E-state index contributed by atoms with van der Waals surface area (Å²) in [7, 11) is 0. The van der Waals surface area contributed by atoms with Gasteiger partial charge in [-0.2, -0.15) is 0 Å². The number of hydrogen-bond donors (Lipinski definition) is 1. The van der Waals surface area contributed by atoms with Crippen molar-refractivity contribution < 1.29 is 9.90 Å². The van der Waals surface area contributed by atoms with E-state index in [4.69, 9.17) is 11.6 Å². The van der Waals surface area contributed by atoms with E-state index in [0.29, 0.717) is 17.5 Å². The van der Waals surface area contributed by atoms with Crippen molar-refractivity contribution in [1.82, 2.24) is 14.5 Å². The second kappa shape index (κ2) is 8.05. The maximum absolute atomic E-state index is 11.9. The summed E-state index contributed by atoms with van der Waals surface area (Å²) in [6, 6.07) is 9.74. The lowest BCUT2D eigenvalue weighted by Gasteiger charge is -2.33.